The van der Waals surface area contributed by atoms with E-state index in [4.69, 9.17) is 0 Å². The molecule has 0 aliphatic carbocycles. The van der Waals surface area contributed by atoms with Gasteiger partial charge in [0.2, 0.25) is 0 Å². The summed E-state index contributed by atoms with van der Waals surface area (Å²) in [7, 11) is 0. The van der Waals surface area contributed by atoms with Crippen molar-refractivity contribution < 1.29 is 9.90 Å². The van der Waals surface area contributed by atoms with Crippen LogP contribution in [0.5, 0.6) is 0 Å². The zero-order valence-corrected chi connectivity index (χ0v) is 9.78. The molecular weight excluding hydrogens is 244 g/mol. The van der Waals surface area contributed by atoms with Crippen molar-refractivity contribution in [1.82, 2.24) is 0 Å². The number of hydrogen-bond acceptors (Lipinski definition) is 2. The highest BCUT2D eigenvalue weighted by molar-refractivity contribution is 9.10. The summed E-state index contributed by atoms with van der Waals surface area (Å²) >= 11 is 3.28. The average molecular weight is 257 g/mol. The summed E-state index contributed by atoms with van der Waals surface area (Å²) in [6, 6.07) is 7.12. The highest BCUT2D eigenvalue weighted by atomic mass is 79.9. The first-order valence-corrected chi connectivity index (χ1v) is 5.30. The number of benzene rings is 1. The van der Waals surface area contributed by atoms with Crippen LogP contribution in [0.4, 0.5) is 0 Å². The number of hydrogen-bond donors (Lipinski definition) is 1. The van der Waals surface area contributed by atoms with Gasteiger partial charge in [-0.1, -0.05) is 48.0 Å². The Morgan fingerprint density at radius 3 is 2.43 bits per heavy atom. The van der Waals surface area contributed by atoms with E-state index < -0.39 is 6.10 Å². The molecular formula is C11H13BrO2. The molecule has 0 saturated carbocycles. The third kappa shape index (κ3) is 2.42. The minimum Gasteiger partial charge on any atom is -0.385 e. The van der Waals surface area contributed by atoms with Gasteiger partial charge in [0.25, 0.3) is 0 Å². The molecule has 0 aliphatic heterocycles. The van der Waals surface area contributed by atoms with Crippen molar-refractivity contribution in [3.05, 3.63) is 34.3 Å². The molecule has 2 nitrogen and oxygen atoms in total. The fourth-order valence-corrected chi connectivity index (χ4v) is 1.60. The van der Waals surface area contributed by atoms with E-state index in [1.54, 1.807) is 18.2 Å². The van der Waals surface area contributed by atoms with Gasteiger partial charge in [0.1, 0.15) is 6.10 Å². The topological polar surface area (TPSA) is 37.3 Å². The number of ketones is 1. The SMILES string of the molecule is CC(C)C(O)C(=O)c1ccccc1Br. The normalized spacial score (nSPS) is 12.9. The van der Waals surface area contributed by atoms with Crippen LogP contribution in [0.15, 0.2) is 28.7 Å². The number of aliphatic hydroxyl groups excluding tert-OH is 1. The Kier molecular flexibility index (Phi) is 3.84. The molecule has 14 heavy (non-hydrogen) atoms. The van der Waals surface area contributed by atoms with E-state index in [2.05, 4.69) is 15.9 Å². The average Bonchev–Trinajstić information content (AvgIpc) is 2.16. The van der Waals surface area contributed by atoms with E-state index >= 15 is 0 Å². The molecule has 3 heteroatoms. The van der Waals surface area contributed by atoms with Crippen molar-refractivity contribution in [3.8, 4) is 0 Å². The summed E-state index contributed by atoms with van der Waals surface area (Å²) in [4.78, 5) is 11.7. The largest absolute Gasteiger partial charge is 0.385 e. The van der Waals surface area contributed by atoms with E-state index in [1.165, 1.54) is 0 Å². The number of carbonyl (C=O) groups is 1. The Hall–Kier alpha value is -0.670. The van der Waals surface area contributed by atoms with E-state index in [0.29, 0.717) is 5.56 Å². The van der Waals surface area contributed by atoms with Gasteiger partial charge in [0.15, 0.2) is 5.78 Å². The monoisotopic (exact) mass is 256 g/mol. The maximum atomic E-state index is 11.7. The molecule has 0 aliphatic rings. The number of aliphatic hydroxyl groups is 1. The lowest BCUT2D eigenvalue weighted by molar-refractivity contribution is 0.0647. The van der Waals surface area contributed by atoms with E-state index in [9.17, 15) is 9.90 Å². The van der Waals surface area contributed by atoms with Gasteiger partial charge >= 0.3 is 0 Å². The summed E-state index contributed by atoms with van der Waals surface area (Å²) < 4.78 is 0.727. The fraction of sp³-hybridized carbons (Fsp3) is 0.364. The van der Waals surface area contributed by atoms with E-state index in [1.807, 2.05) is 19.9 Å². The van der Waals surface area contributed by atoms with Crippen LogP contribution in [0.3, 0.4) is 0 Å². The summed E-state index contributed by atoms with van der Waals surface area (Å²) in [5.41, 5.74) is 0.536. The third-order valence-electron chi connectivity index (χ3n) is 2.04. The van der Waals surface area contributed by atoms with Crippen LogP contribution >= 0.6 is 15.9 Å². The number of carbonyl (C=O) groups excluding carboxylic acids is 1. The van der Waals surface area contributed by atoms with Crippen LogP contribution in [0, 0.1) is 5.92 Å². The van der Waals surface area contributed by atoms with Crippen molar-refractivity contribution in [2.24, 2.45) is 5.92 Å². The van der Waals surface area contributed by atoms with Crippen molar-refractivity contribution >= 4 is 21.7 Å². The van der Waals surface area contributed by atoms with Crippen LogP contribution in [-0.2, 0) is 0 Å². The number of rotatable bonds is 3. The second-order valence-electron chi connectivity index (χ2n) is 3.53. The van der Waals surface area contributed by atoms with Crippen LogP contribution in [0.25, 0.3) is 0 Å². The van der Waals surface area contributed by atoms with Gasteiger partial charge in [-0.3, -0.25) is 4.79 Å². The minimum atomic E-state index is -0.923. The minimum absolute atomic E-state index is 0.0605. The molecule has 0 heterocycles. The van der Waals surface area contributed by atoms with Gasteiger partial charge in [0.05, 0.1) is 0 Å². The van der Waals surface area contributed by atoms with Crippen molar-refractivity contribution in [2.45, 2.75) is 20.0 Å². The number of halogens is 1. The van der Waals surface area contributed by atoms with Gasteiger partial charge in [-0.05, 0) is 12.0 Å². The molecule has 0 bridgehead atoms. The van der Waals surface area contributed by atoms with Crippen LogP contribution < -0.4 is 0 Å². The second kappa shape index (κ2) is 4.71. The van der Waals surface area contributed by atoms with E-state index in [0.717, 1.165) is 4.47 Å². The smallest absolute Gasteiger partial charge is 0.192 e. The molecule has 76 valence electrons. The summed E-state index contributed by atoms with van der Waals surface area (Å²) in [6.07, 6.45) is -0.923. The highest BCUT2D eigenvalue weighted by Gasteiger charge is 2.21. The Balaban J connectivity index is 2.95. The zero-order chi connectivity index (χ0) is 10.7. The van der Waals surface area contributed by atoms with Gasteiger partial charge in [-0.2, -0.15) is 0 Å². The molecule has 1 N–H and O–H groups in total. The molecule has 1 rings (SSSR count). The predicted octanol–water partition coefficient (Wildman–Crippen LogP) is 2.65. The van der Waals surface area contributed by atoms with E-state index in [-0.39, 0.29) is 11.7 Å². The summed E-state index contributed by atoms with van der Waals surface area (Å²) in [5, 5.41) is 9.60. The third-order valence-corrected chi connectivity index (χ3v) is 2.73. The van der Waals surface area contributed by atoms with Gasteiger partial charge in [-0.15, -0.1) is 0 Å². The second-order valence-corrected chi connectivity index (χ2v) is 4.39. The fourth-order valence-electron chi connectivity index (χ4n) is 1.12. The molecule has 0 spiro atoms. The number of Topliss-reactive ketones (excluding diaryl/α,β-unsaturated/α-hetero) is 1. The Bertz CT molecular complexity index is 334. The maximum Gasteiger partial charge on any atom is 0.192 e. The van der Waals surface area contributed by atoms with Gasteiger partial charge in [0, 0.05) is 10.0 Å². The first kappa shape index (κ1) is 11.4. The summed E-state index contributed by atoms with van der Waals surface area (Å²) in [5.74, 6) is -0.290. The summed E-state index contributed by atoms with van der Waals surface area (Å²) in [6.45, 7) is 3.64. The van der Waals surface area contributed by atoms with Crippen LogP contribution in [-0.4, -0.2) is 17.0 Å². The highest BCUT2D eigenvalue weighted by Crippen LogP contribution is 2.19. The molecule has 1 aromatic rings. The first-order chi connectivity index (χ1) is 6.54. The molecule has 0 fully saturated rings. The Morgan fingerprint density at radius 1 is 1.36 bits per heavy atom. The van der Waals surface area contributed by atoms with Gasteiger partial charge in [-0.25, -0.2) is 0 Å². The molecule has 1 aromatic carbocycles. The predicted molar refractivity (Wildman–Crippen MR) is 59.3 cm³/mol. The quantitative estimate of drug-likeness (QED) is 0.845. The van der Waals surface area contributed by atoms with Crippen molar-refractivity contribution in [1.29, 1.82) is 0 Å². The van der Waals surface area contributed by atoms with Crippen LogP contribution in [0.1, 0.15) is 24.2 Å². The molecule has 0 saturated heterocycles. The molecule has 1 unspecified atom stereocenters. The first-order valence-electron chi connectivity index (χ1n) is 4.51. The lowest BCUT2D eigenvalue weighted by Crippen LogP contribution is -2.26. The molecule has 0 amide bonds. The lowest BCUT2D eigenvalue weighted by atomic mass is 9.98. The lowest BCUT2D eigenvalue weighted by Gasteiger charge is -2.13. The zero-order valence-electron chi connectivity index (χ0n) is 8.20. The van der Waals surface area contributed by atoms with Crippen molar-refractivity contribution in [3.63, 3.8) is 0 Å². The molecule has 1 atom stereocenters. The van der Waals surface area contributed by atoms with Gasteiger partial charge < -0.3 is 5.11 Å². The molecule has 0 aromatic heterocycles. The Morgan fingerprint density at radius 2 is 1.93 bits per heavy atom. The maximum absolute atomic E-state index is 11.7. The standard InChI is InChI=1S/C11H13BrO2/c1-7(2)10(13)11(14)8-5-3-4-6-9(8)12/h3-7,10,13H,1-2H3. The Labute approximate surface area is 92.1 Å². The van der Waals surface area contributed by atoms with Crippen molar-refractivity contribution in [2.75, 3.05) is 0 Å². The molecule has 0 radical (unpaired) electrons. The van der Waals surface area contributed by atoms with Crippen LogP contribution in [0.2, 0.25) is 0 Å².